The number of nitrogens with one attached hydrogen (secondary N) is 1. The summed E-state index contributed by atoms with van der Waals surface area (Å²) in [5, 5.41) is 0. The number of thioether (sulfide) groups is 1. The molecule has 0 saturated heterocycles. The van der Waals surface area contributed by atoms with Gasteiger partial charge in [-0.05, 0) is 24.2 Å². The van der Waals surface area contributed by atoms with Crippen LogP contribution < -0.4 is 11.3 Å². The van der Waals surface area contributed by atoms with E-state index in [4.69, 9.17) is 10.3 Å². The lowest BCUT2D eigenvalue weighted by Crippen LogP contribution is -2.30. The van der Waals surface area contributed by atoms with Crippen molar-refractivity contribution in [2.24, 2.45) is 11.8 Å². The van der Waals surface area contributed by atoms with Crippen molar-refractivity contribution in [3.05, 3.63) is 23.7 Å². The number of amides is 1. The molecule has 0 aliphatic heterocycles. The molecule has 0 aromatic carbocycles. The number of hydrogen-bond acceptors (Lipinski definition) is 4. The first-order valence-corrected chi connectivity index (χ1v) is 6.45. The third-order valence-electron chi connectivity index (χ3n) is 2.19. The van der Waals surface area contributed by atoms with Crippen LogP contribution in [0.2, 0.25) is 0 Å². The first kappa shape index (κ1) is 13.1. The SMILES string of the molecule is CC(C)CCSCc1occc1C(=O)NN. The molecule has 3 N–H and O–H groups in total. The molecule has 0 spiro atoms. The van der Waals surface area contributed by atoms with Gasteiger partial charge >= 0.3 is 0 Å². The molecule has 4 nitrogen and oxygen atoms in total. The van der Waals surface area contributed by atoms with Gasteiger partial charge in [-0.2, -0.15) is 11.8 Å². The number of furan rings is 1. The highest BCUT2D eigenvalue weighted by Gasteiger charge is 2.13. The summed E-state index contributed by atoms with van der Waals surface area (Å²) in [7, 11) is 0. The molecular weight excluding hydrogens is 224 g/mol. The van der Waals surface area contributed by atoms with Crippen molar-refractivity contribution >= 4 is 17.7 Å². The van der Waals surface area contributed by atoms with Crippen molar-refractivity contribution in [3.8, 4) is 0 Å². The summed E-state index contributed by atoms with van der Waals surface area (Å²) in [6.07, 6.45) is 2.69. The zero-order valence-corrected chi connectivity index (χ0v) is 10.5. The van der Waals surface area contributed by atoms with Gasteiger partial charge in [0.2, 0.25) is 0 Å². The highest BCUT2D eigenvalue weighted by atomic mass is 32.2. The molecular formula is C11H18N2O2S. The fourth-order valence-electron chi connectivity index (χ4n) is 1.22. The minimum atomic E-state index is -0.298. The lowest BCUT2D eigenvalue weighted by molar-refractivity contribution is 0.0952. The summed E-state index contributed by atoms with van der Waals surface area (Å²) in [6.45, 7) is 4.39. The summed E-state index contributed by atoms with van der Waals surface area (Å²) in [5.74, 6) is 7.96. The molecule has 1 amide bonds. The van der Waals surface area contributed by atoms with Crippen LogP contribution in [0.5, 0.6) is 0 Å². The molecule has 16 heavy (non-hydrogen) atoms. The van der Waals surface area contributed by atoms with Gasteiger partial charge in [-0.1, -0.05) is 13.8 Å². The topological polar surface area (TPSA) is 68.3 Å². The van der Waals surface area contributed by atoms with Gasteiger partial charge < -0.3 is 4.42 Å². The van der Waals surface area contributed by atoms with Gasteiger partial charge in [0.15, 0.2) is 0 Å². The Kier molecular flexibility index (Phi) is 5.42. The second-order valence-corrected chi connectivity index (χ2v) is 5.07. The summed E-state index contributed by atoms with van der Waals surface area (Å²) in [6, 6.07) is 1.64. The second-order valence-electron chi connectivity index (χ2n) is 3.97. The maximum atomic E-state index is 11.3. The lowest BCUT2D eigenvalue weighted by atomic mass is 10.2. The van der Waals surface area contributed by atoms with Crippen LogP contribution in [0.3, 0.4) is 0 Å². The van der Waals surface area contributed by atoms with Gasteiger partial charge in [0.05, 0.1) is 17.6 Å². The molecule has 0 bridgehead atoms. The van der Waals surface area contributed by atoms with E-state index in [0.29, 0.717) is 23.0 Å². The highest BCUT2D eigenvalue weighted by Crippen LogP contribution is 2.19. The van der Waals surface area contributed by atoms with Crippen molar-refractivity contribution in [1.29, 1.82) is 0 Å². The van der Waals surface area contributed by atoms with Gasteiger partial charge in [0.25, 0.3) is 5.91 Å². The minimum absolute atomic E-state index is 0.298. The van der Waals surface area contributed by atoms with E-state index in [0.717, 1.165) is 5.75 Å². The largest absolute Gasteiger partial charge is 0.468 e. The minimum Gasteiger partial charge on any atom is -0.468 e. The zero-order valence-electron chi connectivity index (χ0n) is 9.66. The molecule has 0 aliphatic rings. The molecule has 0 atom stereocenters. The fourth-order valence-corrected chi connectivity index (χ4v) is 2.41. The van der Waals surface area contributed by atoms with E-state index >= 15 is 0 Å². The van der Waals surface area contributed by atoms with E-state index < -0.39 is 0 Å². The Morgan fingerprint density at radius 1 is 1.62 bits per heavy atom. The first-order valence-electron chi connectivity index (χ1n) is 5.30. The maximum Gasteiger partial charge on any atom is 0.268 e. The number of carbonyl (C=O) groups excluding carboxylic acids is 1. The predicted octanol–water partition coefficient (Wildman–Crippen LogP) is 2.16. The van der Waals surface area contributed by atoms with Gasteiger partial charge in [0, 0.05) is 0 Å². The van der Waals surface area contributed by atoms with E-state index in [9.17, 15) is 4.79 Å². The highest BCUT2D eigenvalue weighted by molar-refractivity contribution is 7.98. The molecule has 0 aliphatic carbocycles. The van der Waals surface area contributed by atoms with E-state index in [1.54, 1.807) is 17.8 Å². The summed E-state index contributed by atoms with van der Waals surface area (Å²) >= 11 is 1.77. The van der Waals surface area contributed by atoms with Crippen LogP contribution in [0.1, 0.15) is 36.4 Å². The van der Waals surface area contributed by atoms with Crippen molar-refractivity contribution < 1.29 is 9.21 Å². The third kappa shape index (κ3) is 3.90. The molecule has 0 saturated carbocycles. The number of hydrazine groups is 1. The zero-order chi connectivity index (χ0) is 12.0. The van der Waals surface area contributed by atoms with E-state index in [1.165, 1.54) is 12.7 Å². The van der Waals surface area contributed by atoms with Gasteiger partial charge in [0.1, 0.15) is 5.76 Å². The Morgan fingerprint density at radius 2 is 2.38 bits per heavy atom. The smallest absolute Gasteiger partial charge is 0.268 e. The monoisotopic (exact) mass is 242 g/mol. The second kappa shape index (κ2) is 6.60. The molecule has 1 rings (SSSR count). The van der Waals surface area contributed by atoms with Crippen LogP contribution in [-0.2, 0) is 5.75 Å². The predicted molar refractivity (Wildman–Crippen MR) is 66.0 cm³/mol. The van der Waals surface area contributed by atoms with Crippen molar-refractivity contribution in [3.63, 3.8) is 0 Å². The number of carbonyl (C=O) groups is 1. The number of hydrogen-bond donors (Lipinski definition) is 2. The number of nitrogens with two attached hydrogens (primary N) is 1. The molecule has 90 valence electrons. The Bertz CT molecular complexity index is 336. The fraction of sp³-hybridized carbons (Fsp3) is 0.545. The van der Waals surface area contributed by atoms with E-state index in [1.807, 2.05) is 0 Å². The number of rotatable bonds is 6. The van der Waals surface area contributed by atoms with Crippen molar-refractivity contribution in [2.45, 2.75) is 26.0 Å². The average molecular weight is 242 g/mol. The molecule has 1 aromatic heterocycles. The van der Waals surface area contributed by atoms with Gasteiger partial charge in [-0.15, -0.1) is 0 Å². The summed E-state index contributed by atoms with van der Waals surface area (Å²) < 4.78 is 5.26. The molecule has 0 unspecified atom stereocenters. The van der Waals surface area contributed by atoms with Gasteiger partial charge in [-0.25, -0.2) is 5.84 Å². The van der Waals surface area contributed by atoms with Crippen LogP contribution in [0.4, 0.5) is 0 Å². The molecule has 5 heteroatoms. The summed E-state index contributed by atoms with van der Waals surface area (Å²) in [4.78, 5) is 11.3. The number of nitrogen functional groups attached to an aromatic ring is 1. The molecule has 1 aromatic rings. The van der Waals surface area contributed by atoms with Crippen molar-refractivity contribution in [2.75, 3.05) is 5.75 Å². The van der Waals surface area contributed by atoms with Gasteiger partial charge in [-0.3, -0.25) is 10.2 Å². The Balaban J connectivity index is 2.42. The van der Waals surface area contributed by atoms with E-state index in [-0.39, 0.29) is 5.91 Å². The molecule has 0 radical (unpaired) electrons. The van der Waals surface area contributed by atoms with Crippen LogP contribution >= 0.6 is 11.8 Å². The maximum absolute atomic E-state index is 11.3. The standard InChI is InChI=1S/C11H18N2O2S/c1-8(2)4-6-16-7-10-9(3-5-15-10)11(14)13-12/h3,5,8H,4,6-7,12H2,1-2H3,(H,13,14). The lowest BCUT2D eigenvalue weighted by Gasteiger charge is -2.04. The Morgan fingerprint density at radius 3 is 3.00 bits per heavy atom. The Labute approximate surface area is 99.9 Å². The normalized spacial score (nSPS) is 10.8. The third-order valence-corrected chi connectivity index (χ3v) is 3.18. The Hall–Kier alpha value is -0.940. The van der Waals surface area contributed by atoms with E-state index in [2.05, 4.69) is 19.3 Å². The van der Waals surface area contributed by atoms with Crippen molar-refractivity contribution in [1.82, 2.24) is 5.43 Å². The quantitative estimate of drug-likeness (QED) is 0.347. The summed E-state index contributed by atoms with van der Waals surface area (Å²) in [5.41, 5.74) is 2.64. The van der Waals surface area contributed by atoms with Crippen LogP contribution in [-0.4, -0.2) is 11.7 Å². The van der Waals surface area contributed by atoms with Crippen LogP contribution in [0.15, 0.2) is 16.7 Å². The molecule has 0 fully saturated rings. The van der Waals surface area contributed by atoms with Crippen LogP contribution in [0.25, 0.3) is 0 Å². The van der Waals surface area contributed by atoms with Crippen LogP contribution in [0, 0.1) is 5.92 Å². The average Bonchev–Trinajstić information content (AvgIpc) is 2.71. The molecule has 1 heterocycles. The first-order chi connectivity index (χ1) is 7.65.